The number of hydrogen-bond donors (Lipinski definition) is 2. The minimum Gasteiger partial charge on any atom is -0.379 e. The van der Waals surface area contributed by atoms with Gasteiger partial charge in [0.05, 0.1) is 152 Å². The standard InChI is InChI=1S/C49H98N4O16/c1-8-47(54)50-13-23-60-32-38-67-39-33-61-24-14-51-48(55)11-21-58-29-34-62-25-15-52(46(6)7)16-26-63-35-30-59-22-12-49(56)53(18-28-65-41-42-69-43-68-20-10-45(4)5)17-27-64-36-40-66-37-31-57-19-9-44(2)3/h44-46H,8-43H2,1-7H3,(H,50,54)(H,51,55). The molecule has 2 N–H and O–H groups in total. The van der Waals surface area contributed by atoms with Gasteiger partial charge >= 0.3 is 0 Å². The second kappa shape index (κ2) is 52.2. The molecular weight excluding hydrogens is 901 g/mol. The third kappa shape index (κ3) is 50.6. The first-order chi connectivity index (χ1) is 33.6. The molecule has 0 bridgehead atoms. The normalized spacial score (nSPS) is 11.8. The molecule has 0 rings (SSSR count). The quantitative estimate of drug-likeness (QED) is 0.0664. The molecule has 0 unspecified atom stereocenters. The smallest absolute Gasteiger partial charge is 0.225 e. The molecule has 0 aromatic carbocycles. The van der Waals surface area contributed by atoms with Crippen molar-refractivity contribution in [2.75, 3.05) is 205 Å². The lowest BCUT2D eigenvalue weighted by Crippen LogP contribution is -2.37. The number of amides is 3. The van der Waals surface area contributed by atoms with Crippen LogP contribution in [-0.4, -0.2) is 238 Å². The molecule has 0 aliphatic rings. The summed E-state index contributed by atoms with van der Waals surface area (Å²) < 4.78 is 72.8. The van der Waals surface area contributed by atoms with Crippen molar-refractivity contribution in [3.05, 3.63) is 0 Å². The lowest BCUT2D eigenvalue weighted by Gasteiger charge is -2.26. The summed E-state index contributed by atoms with van der Waals surface area (Å²) in [5.74, 6) is 1.10. The van der Waals surface area contributed by atoms with Gasteiger partial charge in [0.15, 0.2) is 0 Å². The van der Waals surface area contributed by atoms with Crippen molar-refractivity contribution in [2.45, 2.75) is 86.6 Å². The zero-order valence-corrected chi connectivity index (χ0v) is 44.1. The van der Waals surface area contributed by atoms with Crippen LogP contribution in [0.5, 0.6) is 0 Å². The molecule has 0 saturated carbocycles. The monoisotopic (exact) mass is 999 g/mol. The Labute approximate surface area is 416 Å². The first-order valence-corrected chi connectivity index (χ1v) is 25.6. The lowest BCUT2D eigenvalue weighted by molar-refractivity contribution is -0.134. The minimum atomic E-state index is -0.0964. The van der Waals surface area contributed by atoms with Gasteiger partial charge in [0.25, 0.3) is 0 Å². The fourth-order valence-electron chi connectivity index (χ4n) is 5.69. The molecule has 0 fully saturated rings. The minimum absolute atomic E-state index is 0.00829. The zero-order chi connectivity index (χ0) is 50.7. The second-order valence-electron chi connectivity index (χ2n) is 17.1. The number of nitrogens with one attached hydrogen (secondary N) is 2. The van der Waals surface area contributed by atoms with Crippen LogP contribution in [0.1, 0.15) is 80.6 Å². The molecule has 3 amide bonds. The summed E-state index contributed by atoms with van der Waals surface area (Å²) in [6, 6.07) is 0.320. The van der Waals surface area contributed by atoms with Gasteiger partial charge in [0.1, 0.15) is 6.79 Å². The van der Waals surface area contributed by atoms with Crippen molar-refractivity contribution in [3.8, 4) is 0 Å². The molecule has 0 atom stereocenters. The second-order valence-corrected chi connectivity index (χ2v) is 17.1. The van der Waals surface area contributed by atoms with Crippen molar-refractivity contribution in [1.82, 2.24) is 20.4 Å². The number of hydrogen-bond acceptors (Lipinski definition) is 17. The number of carbonyl (C=O) groups excluding carboxylic acids is 3. The summed E-state index contributed by atoms with van der Waals surface area (Å²) in [7, 11) is 0. The third-order valence-electron chi connectivity index (χ3n) is 9.98. The number of carbonyl (C=O) groups is 3. The van der Waals surface area contributed by atoms with Crippen molar-refractivity contribution in [1.29, 1.82) is 0 Å². The van der Waals surface area contributed by atoms with Gasteiger partial charge in [-0.05, 0) is 38.5 Å². The molecule has 69 heavy (non-hydrogen) atoms. The molecule has 0 aliphatic heterocycles. The Morgan fingerprint density at radius 1 is 0.377 bits per heavy atom. The van der Waals surface area contributed by atoms with Crippen molar-refractivity contribution < 1.29 is 76.0 Å². The van der Waals surface area contributed by atoms with Crippen LogP contribution in [0.2, 0.25) is 0 Å². The summed E-state index contributed by atoms with van der Waals surface area (Å²) in [5, 5.41) is 5.56. The predicted molar refractivity (Wildman–Crippen MR) is 264 cm³/mol. The van der Waals surface area contributed by atoms with Crippen LogP contribution in [-0.2, 0) is 76.0 Å². The summed E-state index contributed by atoms with van der Waals surface area (Å²) in [6.45, 7) is 29.3. The molecule has 410 valence electrons. The summed E-state index contributed by atoms with van der Waals surface area (Å²) in [6.07, 6.45) is 3.01. The zero-order valence-electron chi connectivity index (χ0n) is 44.1. The molecule has 20 nitrogen and oxygen atoms in total. The van der Waals surface area contributed by atoms with E-state index in [1.165, 1.54) is 0 Å². The van der Waals surface area contributed by atoms with Gasteiger partial charge in [0, 0.05) is 71.4 Å². The summed E-state index contributed by atoms with van der Waals surface area (Å²) >= 11 is 0. The molecule has 0 radical (unpaired) electrons. The van der Waals surface area contributed by atoms with Gasteiger partial charge in [-0.3, -0.25) is 19.3 Å². The van der Waals surface area contributed by atoms with Crippen LogP contribution in [0.3, 0.4) is 0 Å². The Morgan fingerprint density at radius 2 is 0.710 bits per heavy atom. The Bertz CT molecular complexity index is 1130. The molecule has 20 heteroatoms. The number of rotatable bonds is 55. The van der Waals surface area contributed by atoms with Crippen LogP contribution in [0, 0.1) is 11.8 Å². The van der Waals surface area contributed by atoms with E-state index in [0.717, 1.165) is 32.5 Å². The van der Waals surface area contributed by atoms with Gasteiger partial charge in [0.2, 0.25) is 17.7 Å². The van der Waals surface area contributed by atoms with Crippen molar-refractivity contribution >= 4 is 17.7 Å². The maximum absolute atomic E-state index is 13.1. The van der Waals surface area contributed by atoms with Crippen molar-refractivity contribution in [2.24, 2.45) is 11.8 Å². The Hall–Kier alpha value is -2.15. The van der Waals surface area contributed by atoms with E-state index in [0.29, 0.717) is 202 Å². The molecule has 0 aliphatic carbocycles. The van der Waals surface area contributed by atoms with Gasteiger partial charge in [-0.25, -0.2) is 0 Å². The van der Waals surface area contributed by atoms with E-state index in [9.17, 15) is 14.4 Å². The van der Waals surface area contributed by atoms with E-state index in [1.807, 2.05) is 0 Å². The van der Waals surface area contributed by atoms with Gasteiger partial charge in [-0.15, -0.1) is 0 Å². The summed E-state index contributed by atoms with van der Waals surface area (Å²) in [4.78, 5) is 40.4. The van der Waals surface area contributed by atoms with Crippen LogP contribution < -0.4 is 10.6 Å². The van der Waals surface area contributed by atoms with Crippen LogP contribution in [0.4, 0.5) is 0 Å². The van der Waals surface area contributed by atoms with E-state index in [2.05, 4.69) is 57.1 Å². The molecule has 0 aromatic heterocycles. The Kier molecular flexibility index (Phi) is 50.6. The van der Waals surface area contributed by atoms with Crippen LogP contribution in [0.25, 0.3) is 0 Å². The number of ether oxygens (including phenoxy) is 13. The highest BCUT2D eigenvalue weighted by molar-refractivity contribution is 5.76. The molecule has 0 spiro atoms. The predicted octanol–water partition coefficient (Wildman–Crippen LogP) is 3.21. The average molecular weight is 999 g/mol. The number of nitrogens with zero attached hydrogens (tertiary/aromatic N) is 2. The highest BCUT2D eigenvalue weighted by Crippen LogP contribution is 2.02. The average Bonchev–Trinajstić information content (AvgIpc) is 3.32. The molecular formula is C49H98N4O16. The Balaban J connectivity index is 4.06. The first-order valence-electron chi connectivity index (χ1n) is 25.6. The van der Waals surface area contributed by atoms with Gasteiger partial charge in [-0.1, -0.05) is 34.6 Å². The fourth-order valence-corrected chi connectivity index (χ4v) is 5.69. The van der Waals surface area contributed by atoms with Gasteiger partial charge < -0.3 is 77.1 Å². The maximum Gasteiger partial charge on any atom is 0.225 e. The SMILES string of the molecule is CCC(=O)NCCOCCOCCOCCNC(=O)CCOCCOCCN(CCOCCOCCC(=O)N(CCOCCOCCOCCC(C)C)CCOCCOCOCCC(C)C)C(C)C. The van der Waals surface area contributed by atoms with Crippen LogP contribution >= 0.6 is 0 Å². The first kappa shape index (κ1) is 66.9. The van der Waals surface area contributed by atoms with Crippen LogP contribution in [0.15, 0.2) is 0 Å². The highest BCUT2D eigenvalue weighted by atomic mass is 16.7. The molecule has 0 aromatic rings. The van der Waals surface area contributed by atoms with E-state index in [1.54, 1.807) is 11.8 Å². The molecule has 0 saturated heterocycles. The van der Waals surface area contributed by atoms with Crippen molar-refractivity contribution in [3.63, 3.8) is 0 Å². The highest BCUT2D eigenvalue weighted by Gasteiger charge is 2.14. The maximum atomic E-state index is 13.1. The van der Waals surface area contributed by atoms with E-state index >= 15 is 0 Å². The fraction of sp³-hybridized carbons (Fsp3) is 0.939. The summed E-state index contributed by atoms with van der Waals surface area (Å²) in [5.41, 5.74) is 0. The largest absolute Gasteiger partial charge is 0.379 e. The topological polar surface area (TPSA) is 202 Å². The van der Waals surface area contributed by atoms with E-state index in [4.69, 9.17) is 61.6 Å². The van der Waals surface area contributed by atoms with Gasteiger partial charge in [-0.2, -0.15) is 0 Å². The lowest BCUT2D eigenvalue weighted by atomic mass is 10.1. The van der Waals surface area contributed by atoms with E-state index in [-0.39, 0.29) is 37.4 Å². The third-order valence-corrected chi connectivity index (χ3v) is 9.98. The molecule has 0 heterocycles. The van der Waals surface area contributed by atoms with E-state index < -0.39 is 0 Å². The Morgan fingerprint density at radius 3 is 1.14 bits per heavy atom.